The Morgan fingerprint density at radius 2 is 1.74 bits per heavy atom. The van der Waals surface area contributed by atoms with Crippen molar-refractivity contribution in [2.24, 2.45) is 0 Å². The van der Waals surface area contributed by atoms with Gasteiger partial charge in [-0.05, 0) is 66.3 Å². The molecule has 8 nitrogen and oxygen atoms in total. The second kappa shape index (κ2) is 9.47. The van der Waals surface area contributed by atoms with Gasteiger partial charge in [0.15, 0.2) is 22.4 Å². The largest absolute Gasteiger partial charge is 0.454 e. The third kappa shape index (κ3) is 4.95. The zero-order chi connectivity index (χ0) is 24.4. The first-order valence-electron chi connectivity index (χ1n) is 10.8. The quantitative estimate of drug-likeness (QED) is 0.399. The van der Waals surface area contributed by atoms with Crippen molar-refractivity contribution >= 4 is 45.8 Å². The number of hydrogen-bond donors (Lipinski definition) is 2. The molecule has 0 bridgehead atoms. The standard InChI is InChI=1S/C26H21N3O5S/c1-29(14-16-6-11-21-22(12-16)33-15-32-21)25(31)17-7-9-19(10-8-17)27-26(35)28-24(30)23-13-18-4-2-3-5-20(18)34-23/h2-13H,14-15H2,1H3,(H2,27,28,30,35). The van der Waals surface area contributed by atoms with Crippen molar-refractivity contribution in [3.63, 3.8) is 0 Å². The molecule has 1 aliphatic heterocycles. The average molecular weight is 488 g/mol. The molecule has 5 rings (SSSR count). The Morgan fingerprint density at radius 1 is 0.971 bits per heavy atom. The van der Waals surface area contributed by atoms with E-state index in [4.69, 9.17) is 26.1 Å². The lowest BCUT2D eigenvalue weighted by Crippen LogP contribution is -2.33. The Morgan fingerprint density at radius 3 is 2.54 bits per heavy atom. The van der Waals surface area contributed by atoms with E-state index in [-0.39, 0.29) is 23.6 Å². The molecule has 35 heavy (non-hydrogen) atoms. The van der Waals surface area contributed by atoms with Gasteiger partial charge in [0, 0.05) is 30.2 Å². The van der Waals surface area contributed by atoms with Crippen molar-refractivity contribution in [1.82, 2.24) is 10.2 Å². The van der Waals surface area contributed by atoms with Crippen LogP contribution in [0.25, 0.3) is 11.0 Å². The highest BCUT2D eigenvalue weighted by molar-refractivity contribution is 7.80. The van der Waals surface area contributed by atoms with Crippen LogP contribution >= 0.6 is 12.2 Å². The van der Waals surface area contributed by atoms with Crippen molar-refractivity contribution in [2.45, 2.75) is 6.54 Å². The van der Waals surface area contributed by atoms with Gasteiger partial charge in [-0.1, -0.05) is 24.3 Å². The lowest BCUT2D eigenvalue weighted by Gasteiger charge is -2.18. The van der Waals surface area contributed by atoms with E-state index in [0.29, 0.717) is 34.9 Å². The average Bonchev–Trinajstić information content (AvgIpc) is 3.50. The van der Waals surface area contributed by atoms with Gasteiger partial charge in [-0.15, -0.1) is 0 Å². The number of thiocarbonyl (C=S) groups is 1. The second-order valence-corrected chi connectivity index (χ2v) is 8.39. The van der Waals surface area contributed by atoms with Gasteiger partial charge < -0.3 is 24.1 Å². The van der Waals surface area contributed by atoms with Crippen LogP contribution in [0.1, 0.15) is 26.5 Å². The van der Waals surface area contributed by atoms with Gasteiger partial charge >= 0.3 is 0 Å². The van der Waals surface area contributed by atoms with E-state index < -0.39 is 5.91 Å². The molecule has 3 aromatic carbocycles. The number of benzene rings is 3. The molecule has 0 radical (unpaired) electrons. The molecule has 2 amide bonds. The van der Waals surface area contributed by atoms with E-state index in [1.807, 2.05) is 36.4 Å². The Balaban J connectivity index is 1.17. The Hall–Kier alpha value is -4.37. The number of anilines is 1. The highest BCUT2D eigenvalue weighted by Gasteiger charge is 2.17. The molecular formula is C26H21N3O5S. The van der Waals surface area contributed by atoms with Crippen LogP contribution in [0.5, 0.6) is 11.5 Å². The number of nitrogens with zero attached hydrogens (tertiary/aromatic N) is 1. The minimum Gasteiger partial charge on any atom is -0.454 e. The van der Waals surface area contributed by atoms with Gasteiger partial charge in [0.2, 0.25) is 6.79 Å². The third-order valence-corrected chi connectivity index (χ3v) is 5.67. The lowest BCUT2D eigenvalue weighted by molar-refractivity contribution is 0.0784. The smallest absolute Gasteiger partial charge is 0.293 e. The van der Waals surface area contributed by atoms with Crippen LogP contribution in [0.3, 0.4) is 0 Å². The normalized spacial score (nSPS) is 11.8. The summed E-state index contributed by atoms with van der Waals surface area (Å²) in [4.78, 5) is 26.9. The van der Waals surface area contributed by atoms with Crippen molar-refractivity contribution in [2.75, 3.05) is 19.2 Å². The van der Waals surface area contributed by atoms with E-state index in [1.54, 1.807) is 48.3 Å². The van der Waals surface area contributed by atoms with Gasteiger partial charge in [-0.2, -0.15) is 0 Å². The molecule has 1 aromatic heterocycles. The van der Waals surface area contributed by atoms with Crippen LogP contribution < -0.4 is 20.1 Å². The summed E-state index contributed by atoms with van der Waals surface area (Å²) in [5.74, 6) is 0.979. The molecule has 0 atom stereocenters. The van der Waals surface area contributed by atoms with Gasteiger partial charge in [-0.3, -0.25) is 14.9 Å². The Kier molecular flexibility index (Phi) is 6.07. The topological polar surface area (TPSA) is 93.0 Å². The predicted octanol–water partition coefficient (Wildman–Crippen LogP) is 4.56. The highest BCUT2D eigenvalue weighted by Crippen LogP contribution is 2.32. The summed E-state index contributed by atoms with van der Waals surface area (Å²) in [6.45, 7) is 0.633. The molecule has 0 fully saturated rings. The summed E-state index contributed by atoms with van der Waals surface area (Å²) in [6, 6.07) is 21.5. The van der Waals surface area contributed by atoms with Gasteiger partial charge in [-0.25, -0.2) is 0 Å². The molecule has 1 aliphatic rings. The number of hydrogen-bond acceptors (Lipinski definition) is 6. The Bertz CT molecular complexity index is 1400. The van der Waals surface area contributed by atoms with Crippen molar-refractivity contribution < 1.29 is 23.5 Å². The first kappa shape index (κ1) is 22.4. The maximum atomic E-state index is 12.8. The molecule has 0 unspecified atom stereocenters. The summed E-state index contributed by atoms with van der Waals surface area (Å²) >= 11 is 5.25. The number of furan rings is 1. The number of nitrogens with one attached hydrogen (secondary N) is 2. The zero-order valence-electron chi connectivity index (χ0n) is 18.7. The minimum absolute atomic E-state index is 0.120. The maximum absolute atomic E-state index is 12.8. The monoisotopic (exact) mass is 487 g/mol. The summed E-state index contributed by atoms with van der Waals surface area (Å²) in [5, 5.41) is 6.50. The molecular weight excluding hydrogens is 466 g/mol. The highest BCUT2D eigenvalue weighted by atomic mass is 32.1. The van der Waals surface area contributed by atoms with Crippen molar-refractivity contribution in [1.29, 1.82) is 0 Å². The molecule has 4 aromatic rings. The van der Waals surface area contributed by atoms with Crippen LogP contribution in [0.15, 0.2) is 77.2 Å². The van der Waals surface area contributed by atoms with Crippen molar-refractivity contribution in [3.05, 3.63) is 89.7 Å². The fraction of sp³-hybridized carbons (Fsp3) is 0.115. The first-order chi connectivity index (χ1) is 17.0. The fourth-order valence-electron chi connectivity index (χ4n) is 3.72. The van der Waals surface area contributed by atoms with Crippen LogP contribution in [0.2, 0.25) is 0 Å². The van der Waals surface area contributed by atoms with E-state index in [0.717, 1.165) is 10.9 Å². The summed E-state index contributed by atoms with van der Waals surface area (Å²) < 4.78 is 16.3. The molecule has 0 saturated heterocycles. The molecule has 0 aliphatic carbocycles. The molecule has 176 valence electrons. The second-order valence-electron chi connectivity index (χ2n) is 7.98. The van der Waals surface area contributed by atoms with Gasteiger partial charge in [0.25, 0.3) is 11.8 Å². The van der Waals surface area contributed by atoms with Crippen molar-refractivity contribution in [3.8, 4) is 11.5 Å². The van der Waals surface area contributed by atoms with E-state index in [1.165, 1.54) is 0 Å². The van der Waals surface area contributed by atoms with Gasteiger partial charge in [0.05, 0.1) is 0 Å². The molecule has 9 heteroatoms. The zero-order valence-corrected chi connectivity index (χ0v) is 19.6. The number of ether oxygens (including phenoxy) is 2. The summed E-state index contributed by atoms with van der Waals surface area (Å²) in [5.41, 5.74) is 2.72. The molecule has 0 spiro atoms. The molecule has 2 heterocycles. The molecule has 0 saturated carbocycles. The van der Waals surface area contributed by atoms with E-state index >= 15 is 0 Å². The van der Waals surface area contributed by atoms with E-state index in [2.05, 4.69) is 10.6 Å². The number of amides is 2. The van der Waals surface area contributed by atoms with Crippen LogP contribution in [-0.4, -0.2) is 35.7 Å². The van der Waals surface area contributed by atoms with E-state index in [9.17, 15) is 9.59 Å². The van der Waals surface area contributed by atoms with Gasteiger partial charge in [0.1, 0.15) is 5.58 Å². The summed E-state index contributed by atoms with van der Waals surface area (Å²) in [6.07, 6.45) is 0. The first-order valence-corrected chi connectivity index (χ1v) is 11.2. The number of fused-ring (bicyclic) bond motifs is 2. The van der Waals surface area contributed by atoms with Crippen LogP contribution in [0.4, 0.5) is 5.69 Å². The predicted molar refractivity (Wildman–Crippen MR) is 135 cm³/mol. The number of carbonyl (C=O) groups excluding carboxylic acids is 2. The summed E-state index contributed by atoms with van der Waals surface area (Å²) in [7, 11) is 1.74. The molecule has 2 N–H and O–H groups in total. The minimum atomic E-state index is -0.448. The number of carbonyl (C=O) groups is 2. The number of rotatable bonds is 5. The Labute approximate surface area is 206 Å². The van der Waals surface area contributed by atoms with Crippen LogP contribution in [-0.2, 0) is 6.54 Å². The number of para-hydroxylation sites is 1. The van der Waals surface area contributed by atoms with Crippen LogP contribution in [0, 0.1) is 0 Å². The maximum Gasteiger partial charge on any atom is 0.293 e. The fourth-order valence-corrected chi connectivity index (χ4v) is 3.93. The lowest BCUT2D eigenvalue weighted by atomic mass is 10.1. The third-order valence-electron chi connectivity index (χ3n) is 5.47. The SMILES string of the molecule is CN(Cc1ccc2c(c1)OCO2)C(=O)c1ccc(NC(=S)NC(=O)c2cc3ccccc3o2)cc1.